The van der Waals surface area contributed by atoms with E-state index in [9.17, 15) is 26.4 Å². The van der Waals surface area contributed by atoms with E-state index in [0.29, 0.717) is 11.4 Å². The van der Waals surface area contributed by atoms with E-state index in [1.807, 2.05) is 170 Å². The van der Waals surface area contributed by atoms with Crippen molar-refractivity contribution >= 4 is 64.2 Å². The van der Waals surface area contributed by atoms with Crippen LogP contribution < -0.4 is 14.3 Å². The number of amides is 1. The SMILES string of the molecule is CC.CC.CC.CC.CC.O=C1NS(=O)(=O)c2ccccc21.O=S1(=O)NCc2ccccc21.O=c1[nH]c2ccccc2s1.c1ccn2ccnc2c1.c1cnc2[nH]ccc2c1. The molecule has 61 heavy (non-hydrogen) atoms. The van der Waals surface area contributed by atoms with Crippen LogP contribution in [0.2, 0.25) is 0 Å². The second kappa shape index (κ2) is 28.5. The van der Waals surface area contributed by atoms with Crippen LogP contribution in [0.4, 0.5) is 0 Å². The van der Waals surface area contributed by atoms with Gasteiger partial charge in [0.05, 0.1) is 20.7 Å². The third-order valence-corrected chi connectivity index (χ3v) is 11.1. The molecular formula is C45H59N7O6S3. The van der Waals surface area contributed by atoms with Gasteiger partial charge in [-0.1, -0.05) is 129 Å². The summed E-state index contributed by atoms with van der Waals surface area (Å²) < 4.78 is 51.9. The van der Waals surface area contributed by atoms with Crippen LogP contribution in [0.1, 0.15) is 85.2 Å². The fourth-order valence-corrected chi connectivity index (χ4v) is 8.08. The minimum absolute atomic E-state index is 0.0150. The highest BCUT2D eigenvalue weighted by Crippen LogP contribution is 2.21. The van der Waals surface area contributed by atoms with Crippen molar-refractivity contribution in [3.05, 3.63) is 161 Å². The number of imidazole rings is 1. The molecule has 0 spiro atoms. The van der Waals surface area contributed by atoms with Gasteiger partial charge in [-0.3, -0.25) is 9.59 Å². The van der Waals surface area contributed by atoms with Crippen LogP contribution in [0.3, 0.4) is 0 Å². The molecule has 13 nitrogen and oxygen atoms in total. The molecule has 4 N–H and O–H groups in total. The highest BCUT2D eigenvalue weighted by atomic mass is 32.2. The summed E-state index contributed by atoms with van der Waals surface area (Å²) in [5.74, 6) is -0.550. The van der Waals surface area contributed by atoms with E-state index in [-0.39, 0.29) is 15.3 Å². The Bertz CT molecular complexity index is 2580. The van der Waals surface area contributed by atoms with Gasteiger partial charge in [-0.05, 0) is 66.2 Å². The maximum Gasteiger partial charge on any atom is 0.305 e. The van der Waals surface area contributed by atoms with Crippen molar-refractivity contribution in [2.45, 2.75) is 85.6 Å². The molecule has 3 aromatic carbocycles. The molecule has 5 aromatic heterocycles. The minimum atomic E-state index is -3.55. The molecule has 2 aliphatic heterocycles. The average Bonchev–Trinajstić information content (AvgIpc) is 4.16. The molecule has 2 aliphatic rings. The summed E-state index contributed by atoms with van der Waals surface area (Å²) in [5.41, 5.74) is 3.96. The number of para-hydroxylation sites is 1. The van der Waals surface area contributed by atoms with Crippen LogP contribution in [0, 0.1) is 0 Å². The van der Waals surface area contributed by atoms with Gasteiger partial charge in [0.15, 0.2) is 0 Å². The second-order valence-corrected chi connectivity index (χ2v) is 15.1. The summed E-state index contributed by atoms with van der Waals surface area (Å²) in [4.78, 5) is 36.1. The summed E-state index contributed by atoms with van der Waals surface area (Å²) in [5, 5.41) is 1.16. The van der Waals surface area contributed by atoms with Crippen LogP contribution in [-0.2, 0) is 26.6 Å². The molecular weight excluding hydrogens is 831 g/mol. The number of aromatic nitrogens is 5. The number of nitrogens with zero attached hydrogens (tertiary/aromatic N) is 3. The van der Waals surface area contributed by atoms with Gasteiger partial charge in [0.1, 0.15) is 16.2 Å². The molecule has 0 aliphatic carbocycles. The number of hydrogen-bond donors (Lipinski definition) is 4. The van der Waals surface area contributed by atoms with Crippen molar-refractivity contribution < 1.29 is 21.6 Å². The maximum absolute atomic E-state index is 11.1. The lowest BCUT2D eigenvalue weighted by Crippen LogP contribution is -2.20. The largest absolute Gasteiger partial charge is 0.346 e. The Hall–Kier alpha value is -5.94. The number of hydrogen-bond acceptors (Lipinski definition) is 9. The number of carbonyl (C=O) groups excluding carboxylic acids is 1. The quantitative estimate of drug-likeness (QED) is 0.116. The Kier molecular flexibility index (Phi) is 24.8. The number of pyridine rings is 2. The van der Waals surface area contributed by atoms with Crippen LogP contribution in [0.5, 0.6) is 0 Å². The molecule has 10 rings (SSSR count). The lowest BCUT2D eigenvalue weighted by atomic mass is 10.2. The molecule has 0 saturated carbocycles. The summed E-state index contributed by atoms with van der Waals surface area (Å²) in [6.07, 6.45) is 9.35. The van der Waals surface area contributed by atoms with Crippen molar-refractivity contribution in [2.24, 2.45) is 0 Å². The molecule has 16 heteroatoms. The third kappa shape index (κ3) is 15.9. The number of benzene rings is 3. The van der Waals surface area contributed by atoms with Crippen LogP contribution >= 0.6 is 11.3 Å². The monoisotopic (exact) mass is 889 g/mol. The number of fused-ring (bicyclic) bond motifs is 5. The molecule has 7 heterocycles. The Morgan fingerprint density at radius 2 is 1.23 bits per heavy atom. The van der Waals surface area contributed by atoms with E-state index in [4.69, 9.17) is 0 Å². The van der Waals surface area contributed by atoms with Crippen molar-refractivity contribution in [1.29, 1.82) is 0 Å². The van der Waals surface area contributed by atoms with Gasteiger partial charge in [-0.2, -0.15) is 0 Å². The van der Waals surface area contributed by atoms with Gasteiger partial charge in [0.25, 0.3) is 15.9 Å². The zero-order chi connectivity index (χ0) is 45.8. The molecule has 0 bridgehead atoms. The Morgan fingerprint density at radius 3 is 1.87 bits per heavy atom. The van der Waals surface area contributed by atoms with E-state index in [1.165, 1.54) is 23.5 Å². The first-order valence-corrected chi connectivity index (χ1v) is 24.0. The summed E-state index contributed by atoms with van der Waals surface area (Å²) >= 11 is 1.24. The zero-order valence-corrected chi connectivity index (χ0v) is 39.0. The van der Waals surface area contributed by atoms with E-state index in [2.05, 4.69) is 24.7 Å². The summed E-state index contributed by atoms with van der Waals surface area (Å²) in [6.45, 7) is 20.4. The van der Waals surface area contributed by atoms with E-state index in [0.717, 1.165) is 32.5 Å². The fourth-order valence-electron chi connectivity index (χ4n) is 4.92. The number of sulfonamides is 2. The third-order valence-electron chi connectivity index (χ3n) is 7.31. The van der Waals surface area contributed by atoms with Gasteiger partial charge in [0, 0.05) is 42.9 Å². The molecule has 8 aromatic rings. The molecule has 0 radical (unpaired) electrons. The number of carbonyl (C=O) groups is 1. The first-order chi connectivity index (χ1) is 29.6. The minimum Gasteiger partial charge on any atom is -0.346 e. The fraction of sp³-hybridized carbons (Fsp3) is 0.244. The standard InChI is InChI=1S/2C7H6N2.C7H5NO3S.C7H7NO2S.C7H5NOS.5C2H6/c1-2-6-3-5-9-7(6)8-4-1;1-2-5-9-6-4-8-7(9)3-1;9-7-5-3-1-2-4-6(5)12(10,11)8-7;9-11(10)7-4-2-1-3-6(7)5-8-11;9-7-8-5-3-1-2-4-6(5)10-7;5*1-2/h1-5H,(H,8,9);1-6H;1-4H,(H,8,9);1-4,8H,5H2;1-4H,(H,8,9);5*1-2H3. The summed E-state index contributed by atoms with van der Waals surface area (Å²) in [7, 11) is -6.71. The molecule has 0 atom stereocenters. The van der Waals surface area contributed by atoms with Crippen LogP contribution in [-0.4, -0.2) is 47.1 Å². The van der Waals surface area contributed by atoms with Crippen molar-refractivity contribution in [3.8, 4) is 0 Å². The number of thiazole rings is 1. The number of rotatable bonds is 0. The Balaban J connectivity index is 0.000000363. The normalized spacial score (nSPS) is 12.4. The van der Waals surface area contributed by atoms with Crippen LogP contribution in [0.25, 0.3) is 26.9 Å². The van der Waals surface area contributed by atoms with Crippen molar-refractivity contribution in [2.75, 3.05) is 0 Å². The van der Waals surface area contributed by atoms with Gasteiger partial charge < -0.3 is 14.4 Å². The molecule has 328 valence electrons. The highest BCUT2D eigenvalue weighted by Gasteiger charge is 2.31. The average molecular weight is 890 g/mol. The van der Waals surface area contributed by atoms with Crippen molar-refractivity contribution in [3.63, 3.8) is 0 Å². The van der Waals surface area contributed by atoms with E-state index < -0.39 is 26.0 Å². The predicted molar refractivity (Wildman–Crippen MR) is 252 cm³/mol. The molecule has 1 amide bonds. The maximum atomic E-state index is 11.1. The van der Waals surface area contributed by atoms with Gasteiger partial charge >= 0.3 is 4.87 Å². The highest BCUT2D eigenvalue weighted by molar-refractivity contribution is 7.90. The second-order valence-electron chi connectivity index (χ2n) is 10.7. The first-order valence-electron chi connectivity index (χ1n) is 20.2. The topological polar surface area (TPSA) is 188 Å². The Labute approximate surface area is 364 Å². The number of nitrogens with one attached hydrogen (secondary N) is 4. The number of aromatic amines is 2. The van der Waals surface area contributed by atoms with Crippen LogP contribution in [0.15, 0.2) is 155 Å². The van der Waals surface area contributed by atoms with Gasteiger partial charge in [-0.15, -0.1) is 0 Å². The Morgan fingerprint density at radius 1 is 0.607 bits per heavy atom. The van der Waals surface area contributed by atoms with Gasteiger partial charge in [-0.25, -0.2) is 36.2 Å². The first kappa shape index (κ1) is 53.1. The van der Waals surface area contributed by atoms with Crippen molar-refractivity contribution in [1.82, 2.24) is 33.8 Å². The zero-order valence-electron chi connectivity index (χ0n) is 36.5. The lowest BCUT2D eigenvalue weighted by Gasteiger charge is -1.92. The molecule has 0 saturated heterocycles. The molecule has 0 fully saturated rings. The lowest BCUT2D eigenvalue weighted by molar-refractivity contribution is 0.0985. The van der Waals surface area contributed by atoms with E-state index >= 15 is 0 Å². The predicted octanol–water partition coefficient (Wildman–Crippen LogP) is 10.2. The number of H-pyrrole nitrogens is 2. The smallest absolute Gasteiger partial charge is 0.305 e. The van der Waals surface area contributed by atoms with E-state index in [1.54, 1.807) is 36.7 Å². The summed E-state index contributed by atoms with van der Waals surface area (Å²) in [6, 6.07) is 32.6. The van der Waals surface area contributed by atoms with Gasteiger partial charge in [0.2, 0.25) is 10.0 Å². The molecule has 0 unspecified atom stereocenters.